The summed E-state index contributed by atoms with van der Waals surface area (Å²) >= 11 is 0. The van der Waals surface area contributed by atoms with Gasteiger partial charge in [0.05, 0.1) is 11.1 Å². The summed E-state index contributed by atoms with van der Waals surface area (Å²) in [7, 11) is 0. The number of unbranched alkanes of at least 4 members (excludes halogenated alkanes) is 5. The Morgan fingerprint density at radius 3 is 2.27 bits per heavy atom. The van der Waals surface area contributed by atoms with Crippen molar-refractivity contribution in [1.29, 1.82) is 0 Å². The Morgan fingerprint density at radius 1 is 1.00 bits per heavy atom. The summed E-state index contributed by atoms with van der Waals surface area (Å²) in [6.45, 7) is 4.07. The molecule has 0 aliphatic carbocycles. The summed E-state index contributed by atoms with van der Waals surface area (Å²) in [4.78, 5) is 12.2. The van der Waals surface area contributed by atoms with E-state index in [4.69, 9.17) is 4.74 Å². The topological polar surface area (TPSA) is 26.3 Å². The van der Waals surface area contributed by atoms with Crippen molar-refractivity contribution in [2.24, 2.45) is 0 Å². The van der Waals surface area contributed by atoms with Crippen molar-refractivity contribution in [3.05, 3.63) is 35.1 Å². The average Bonchev–Trinajstić information content (AvgIpc) is 2.57. The van der Waals surface area contributed by atoms with E-state index >= 15 is 0 Å². The van der Waals surface area contributed by atoms with E-state index in [1.54, 1.807) is 0 Å². The summed E-state index contributed by atoms with van der Waals surface area (Å²) in [6.07, 6.45) is 3.30. The smallest absolute Gasteiger partial charge is 0.417 e. The van der Waals surface area contributed by atoms with Crippen molar-refractivity contribution in [1.82, 2.24) is 0 Å². The first-order valence-electron chi connectivity index (χ1n) is 9.37. The van der Waals surface area contributed by atoms with Crippen LogP contribution in [0.2, 0.25) is 0 Å². The van der Waals surface area contributed by atoms with Gasteiger partial charge in [0.2, 0.25) is 0 Å². The Labute approximate surface area is 152 Å². The molecular weight excluding hydrogens is 348 g/mol. The van der Waals surface area contributed by atoms with Gasteiger partial charge in [-0.05, 0) is 37.5 Å². The molecule has 2 nitrogen and oxygen atoms in total. The second-order valence-electron chi connectivity index (χ2n) is 6.56. The van der Waals surface area contributed by atoms with Crippen LogP contribution in [0, 0.1) is 5.82 Å². The van der Waals surface area contributed by atoms with Crippen molar-refractivity contribution in [2.45, 2.75) is 83.9 Å². The Bertz CT molecular complexity index is 555. The second kappa shape index (κ2) is 11.2. The summed E-state index contributed by atoms with van der Waals surface area (Å²) in [5, 5.41) is 0. The second-order valence-corrected chi connectivity index (χ2v) is 6.56. The van der Waals surface area contributed by atoms with Crippen molar-refractivity contribution in [3.8, 4) is 0 Å². The number of rotatable bonds is 11. The van der Waals surface area contributed by atoms with E-state index in [-0.39, 0.29) is 0 Å². The van der Waals surface area contributed by atoms with Gasteiger partial charge in [-0.15, -0.1) is 0 Å². The molecular formula is C20H28F4O2. The molecule has 0 amide bonds. The molecule has 1 unspecified atom stereocenters. The number of halogens is 4. The van der Waals surface area contributed by atoms with E-state index < -0.39 is 35.2 Å². The lowest BCUT2D eigenvalue weighted by Gasteiger charge is -2.19. The molecule has 0 radical (unpaired) electrons. The first-order chi connectivity index (χ1) is 12.3. The minimum Gasteiger partial charge on any atom is -0.459 e. The van der Waals surface area contributed by atoms with Crippen LogP contribution in [-0.2, 0) is 10.9 Å². The molecule has 0 N–H and O–H groups in total. The summed E-state index contributed by atoms with van der Waals surface area (Å²) in [5.74, 6) is -2.08. The van der Waals surface area contributed by atoms with Gasteiger partial charge in [0, 0.05) is 0 Å². The maximum Gasteiger partial charge on any atom is 0.417 e. The molecule has 1 aromatic rings. The van der Waals surface area contributed by atoms with Crippen LogP contribution in [0.15, 0.2) is 18.2 Å². The van der Waals surface area contributed by atoms with Gasteiger partial charge in [-0.25, -0.2) is 9.18 Å². The summed E-state index contributed by atoms with van der Waals surface area (Å²) < 4.78 is 57.6. The first-order valence-corrected chi connectivity index (χ1v) is 9.37. The molecule has 6 heteroatoms. The molecule has 1 aromatic carbocycles. The van der Waals surface area contributed by atoms with Gasteiger partial charge >= 0.3 is 12.1 Å². The average molecular weight is 376 g/mol. The lowest BCUT2D eigenvalue weighted by molar-refractivity contribution is -0.138. The van der Waals surface area contributed by atoms with Crippen LogP contribution >= 0.6 is 0 Å². The van der Waals surface area contributed by atoms with Gasteiger partial charge in [0.1, 0.15) is 11.9 Å². The monoisotopic (exact) mass is 376 g/mol. The van der Waals surface area contributed by atoms with Crippen LogP contribution in [0.5, 0.6) is 0 Å². The Balaban J connectivity index is 2.70. The molecule has 1 atom stereocenters. The maximum atomic E-state index is 13.2. The molecule has 0 aliphatic rings. The number of hydrogen-bond acceptors (Lipinski definition) is 2. The fraction of sp³-hybridized carbons (Fsp3) is 0.650. The minimum atomic E-state index is -4.81. The normalized spacial score (nSPS) is 12.8. The molecule has 0 fully saturated rings. The number of ether oxygens (including phenoxy) is 1. The zero-order chi connectivity index (χ0) is 19.6. The Morgan fingerprint density at radius 2 is 1.65 bits per heavy atom. The van der Waals surface area contributed by atoms with Crippen LogP contribution in [0.1, 0.15) is 87.6 Å². The number of hydrogen-bond donors (Lipinski definition) is 0. The predicted molar refractivity (Wildman–Crippen MR) is 93.5 cm³/mol. The van der Waals surface area contributed by atoms with Gasteiger partial charge in [0.25, 0.3) is 0 Å². The van der Waals surface area contributed by atoms with E-state index in [1.807, 2.05) is 6.92 Å². The predicted octanol–water partition coefficient (Wildman–Crippen LogP) is 6.92. The van der Waals surface area contributed by atoms with Crippen LogP contribution < -0.4 is 0 Å². The van der Waals surface area contributed by atoms with Crippen LogP contribution in [-0.4, -0.2) is 12.1 Å². The third-order valence-corrected chi connectivity index (χ3v) is 4.27. The van der Waals surface area contributed by atoms with Crippen molar-refractivity contribution >= 4 is 5.97 Å². The zero-order valence-corrected chi connectivity index (χ0v) is 15.5. The first kappa shape index (κ1) is 22.5. The lowest BCUT2D eigenvalue weighted by atomic mass is 10.0. The highest BCUT2D eigenvalue weighted by molar-refractivity contribution is 5.91. The van der Waals surface area contributed by atoms with Crippen molar-refractivity contribution in [3.63, 3.8) is 0 Å². The van der Waals surface area contributed by atoms with Crippen LogP contribution in [0.4, 0.5) is 17.6 Å². The summed E-state index contributed by atoms with van der Waals surface area (Å²) in [5.41, 5.74) is -1.93. The van der Waals surface area contributed by atoms with Gasteiger partial charge in [-0.2, -0.15) is 13.2 Å². The third kappa shape index (κ3) is 7.75. The summed E-state index contributed by atoms with van der Waals surface area (Å²) in [6, 6.07) is 2.02. The number of carbonyl (C=O) groups is 1. The van der Waals surface area contributed by atoms with Gasteiger partial charge in [-0.1, -0.05) is 52.4 Å². The molecule has 0 aromatic heterocycles. The molecule has 0 bridgehead atoms. The Kier molecular flexibility index (Phi) is 9.66. The molecule has 0 aliphatic heterocycles. The molecule has 0 saturated heterocycles. The highest BCUT2D eigenvalue weighted by Gasteiger charge is 2.36. The molecule has 0 heterocycles. The fourth-order valence-electron chi connectivity index (χ4n) is 2.88. The molecule has 0 saturated carbocycles. The third-order valence-electron chi connectivity index (χ3n) is 4.27. The van der Waals surface area contributed by atoms with E-state index in [2.05, 4.69) is 6.92 Å². The quantitative estimate of drug-likeness (QED) is 0.238. The Hall–Kier alpha value is -1.59. The minimum absolute atomic E-state index is 0.332. The van der Waals surface area contributed by atoms with Crippen molar-refractivity contribution < 1.29 is 27.1 Å². The lowest BCUT2D eigenvalue weighted by Crippen LogP contribution is -2.21. The zero-order valence-electron chi connectivity index (χ0n) is 15.5. The van der Waals surface area contributed by atoms with E-state index in [1.165, 1.54) is 12.8 Å². The number of benzene rings is 1. The largest absolute Gasteiger partial charge is 0.459 e. The SMILES string of the molecule is CCCCCCCCC(CCC)OC(=O)c1ccc(F)cc1C(F)(F)F. The number of carbonyl (C=O) groups excluding carboxylic acids is 1. The van der Waals surface area contributed by atoms with Crippen LogP contribution in [0.25, 0.3) is 0 Å². The van der Waals surface area contributed by atoms with Crippen molar-refractivity contribution in [2.75, 3.05) is 0 Å². The van der Waals surface area contributed by atoms with E-state index in [9.17, 15) is 22.4 Å². The van der Waals surface area contributed by atoms with Gasteiger partial charge in [-0.3, -0.25) is 0 Å². The molecule has 148 valence electrons. The molecule has 0 spiro atoms. The van der Waals surface area contributed by atoms with Crippen LogP contribution in [0.3, 0.4) is 0 Å². The highest BCUT2D eigenvalue weighted by atomic mass is 19.4. The standard InChI is InChI=1S/C20H28F4O2/c1-3-5-6-7-8-9-11-16(10-4-2)26-19(25)17-13-12-15(21)14-18(17)20(22,23)24/h12-14,16H,3-11H2,1-2H3. The molecule has 26 heavy (non-hydrogen) atoms. The highest BCUT2D eigenvalue weighted by Crippen LogP contribution is 2.33. The van der Waals surface area contributed by atoms with Gasteiger partial charge < -0.3 is 4.74 Å². The van der Waals surface area contributed by atoms with Gasteiger partial charge in [0.15, 0.2) is 0 Å². The van der Waals surface area contributed by atoms with E-state index in [0.29, 0.717) is 18.9 Å². The fourth-order valence-corrected chi connectivity index (χ4v) is 2.88. The van der Waals surface area contributed by atoms with E-state index in [0.717, 1.165) is 44.2 Å². The maximum absolute atomic E-state index is 13.2. The number of alkyl halides is 3. The number of esters is 1. The molecule has 1 rings (SSSR count).